The Labute approximate surface area is 146 Å². The van der Waals surface area contributed by atoms with Gasteiger partial charge >= 0.3 is 6.03 Å². The van der Waals surface area contributed by atoms with E-state index < -0.39 is 17.7 Å². The standard InChI is InChI=1S/C18H24F2N4O/c1-17(2,3)14-10-15(24(23-14)18(4,5)6)22-16(25)21-13-8-11(19)7-12(20)9-13/h7-10H,1-6H3,(H2,21,22,25). The topological polar surface area (TPSA) is 59.0 Å². The number of urea groups is 1. The predicted octanol–water partition coefficient (Wildman–Crippen LogP) is 4.86. The molecule has 1 aromatic carbocycles. The highest BCUT2D eigenvalue weighted by molar-refractivity contribution is 5.99. The lowest BCUT2D eigenvalue weighted by Gasteiger charge is -2.23. The molecule has 25 heavy (non-hydrogen) atoms. The Balaban J connectivity index is 2.26. The molecule has 136 valence electrons. The van der Waals surface area contributed by atoms with Gasteiger partial charge in [-0.3, -0.25) is 5.32 Å². The third-order valence-electron chi connectivity index (χ3n) is 3.48. The lowest BCUT2D eigenvalue weighted by atomic mass is 9.92. The Kier molecular flexibility index (Phi) is 4.88. The first-order chi connectivity index (χ1) is 11.4. The molecule has 2 amide bonds. The molecule has 0 aliphatic carbocycles. The number of amides is 2. The molecule has 0 fully saturated rings. The highest BCUT2D eigenvalue weighted by Gasteiger charge is 2.25. The molecule has 0 bridgehead atoms. The number of nitrogens with zero attached hydrogens (tertiary/aromatic N) is 2. The molecule has 0 radical (unpaired) electrons. The van der Waals surface area contributed by atoms with Crippen LogP contribution in [0.25, 0.3) is 0 Å². The average Bonchev–Trinajstić information content (AvgIpc) is 2.80. The van der Waals surface area contributed by atoms with Crippen molar-refractivity contribution in [2.75, 3.05) is 10.6 Å². The highest BCUT2D eigenvalue weighted by Crippen LogP contribution is 2.28. The van der Waals surface area contributed by atoms with E-state index in [-0.39, 0.29) is 16.6 Å². The SMILES string of the molecule is CC(C)(C)c1cc(NC(=O)Nc2cc(F)cc(F)c2)n(C(C)(C)C)n1. The van der Waals surface area contributed by atoms with Gasteiger partial charge in [0.15, 0.2) is 0 Å². The molecule has 7 heteroatoms. The van der Waals surface area contributed by atoms with Gasteiger partial charge in [0.2, 0.25) is 0 Å². The summed E-state index contributed by atoms with van der Waals surface area (Å²) in [6, 6.07) is 4.04. The van der Waals surface area contributed by atoms with Crippen molar-refractivity contribution in [3.05, 3.63) is 41.6 Å². The first kappa shape index (κ1) is 18.9. The van der Waals surface area contributed by atoms with Gasteiger partial charge in [0, 0.05) is 23.2 Å². The minimum Gasteiger partial charge on any atom is -0.307 e. The summed E-state index contributed by atoms with van der Waals surface area (Å²) in [5, 5.41) is 9.73. The highest BCUT2D eigenvalue weighted by atomic mass is 19.1. The summed E-state index contributed by atoms with van der Waals surface area (Å²) in [4.78, 5) is 12.2. The van der Waals surface area contributed by atoms with Crippen LogP contribution in [-0.4, -0.2) is 15.8 Å². The molecule has 0 atom stereocenters. The van der Waals surface area contributed by atoms with Crippen molar-refractivity contribution in [3.63, 3.8) is 0 Å². The number of benzene rings is 1. The van der Waals surface area contributed by atoms with Crippen LogP contribution in [0.15, 0.2) is 24.3 Å². The van der Waals surface area contributed by atoms with Crippen LogP contribution in [0.4, 0.5) is 25.1 Å². The second-order valence-electron chi connectivity index (χ2n) is 7.98. The van der Waals surface area contributed by atoms with E-state index in [0.29, 0.717) is 5.82 Å². The van der Waals surface area contributed by atoms with E-state index in [0.717, 1.165) is 23.9 Å². The van der Waals surface area contributed by atoms with Gasteiger partial charge < -0.3 is 5.32 Å². The fraction of sp³-hybridized carbons (Fsp3) is 0.444. The molecular weight excluding hydrogens is 326 g/mol. The van der Waals surface area contributed by atoms with Gasteiger partial charge in [0.25, 0.3) is 0 Å². The van der Waals surface area contributed by atoms with Crippen LogP contribution in [0, 0.1) is 11.6 Å². The summed E-state index contributed by atoms with van der Waals surface area (Å²) in [5.41, 5.74) is 0.328. The summed E-state index contributed by atoms with van der Waals surface area (Å²) in [6.45, 7) is 12.0. The minimum atomic E-state index is -0.759. The Morgan fingerprint density at radius 1 is 0.960 bits per heavy atom. The Bertz CT molecular complexity index is 765. The predicted molar refractivity (Wildman–Crippen MR) is 94.9 cm³/mol. The van der Waals surface area contributed by atoms with Crippen LogP contribution < -0.4 is 10.6 Å². The molecule has 5 nitrogen and oxygen atoms in total. The van der Waals surface area contributed by atoms with E-state index in [1.54, 1.807) is 10.7 Å². The fourth-order valence-electron chi connectivity index (χ4n) is 2.25. The lowest BCUT2D eigenvalue weighted by molar-refractivity contribution is 0.261. The van der Waals surface area contributed by atoms with Crippen molar-refractivity contribution < 1.29 is 13.6 Å². The number of aromatic nitrogens is 2. The van der Waals surface area contributed by atoms with Crippen molar-refractivity contribution in [2.24, 2.45) is 0 Å². The van der Waals surface area contributed by atoms with Gasteiger partial charge in [-0.05, 0) is 32.9 Å². The maximum atomic E-state index is 13.2. The first-order valence-corrected chi connectivity index (χ1v) is 8.01. The molecule has 0 aliphatic heterocycles. The molecular formula is C18H24F2N4O. The molecule has 0 spiro atoms. The fourth-order valence-corrected chi connectivity index (χ4v) is 2.25. The van der Waals surface area contributed by atoms with Gasteiger partial charge in [-0.1, -0.05) is 20.8 Å². The molecule has 0 unspecified atom stereocenters. The van der Waals surface area contributed by atoms with Crippen molar-refractivity contribution in [3.8, 4) is 0 Å². The Morgan fingerprint density at radius 3 is 2.00 bits per heavy atom. The van der Waals surface area contributed by atoms with Crippen molar-refractivity contribution in [1.29, 1.82) is 0 Å². The molecule has 1 heterocycles. The van der Waals surface area contributed by atoms with E-state index >= 15 is 0 Å². The molecule has 0 saturated heterocycles. The quantitative estimate of drug-likeness (QED) is 0.813. The second-order valence-corrected chi connectivity index (χ2v) is 7.98. The maximum absolute atomic E-state index is 13.2. The molecule has 2 N–H and O–H groups in total. The zero-order valence-electron chi connectivity index (χ0n) is 15.4. The van der Waals surface area contributed by atoms with Gasteiger partial charge in [-0.2, -0.15) is 5.10 Å². The molecule has 0 aliphatic rings. The minimum absolute atomic E-state index is 0.0351. The van der Waals surface area contributed by atoms with Crippen LogP contribution in [-0.2, 0) is 11.0 Å². The van der Waals surface area contributed by atoms with Crippen molar-refractivity contribution in [2.45, 2.75) is 52.5 Å². The van der Waals surface area contributed by atoms with Crippen LogP contribution in [0.3, 0.4) is 0 Å². The third-order valence-corrected chi connectivity index (χ3v) is 3.48. The summed E-state index contributed by atoms with van der Waals surface area (Å²) >= 11 is 0. The van der Waals surface area contributed by atoms with Gasteiger partial charge in [-0.25, -0.2) is 18.3 Å². The number of hydrogen-bond acceptors (Lipinski definition) is 2. The number of anilines is 2. The molecule has 2 rings (SSSR count). The van der Waals surface area contributed by atoms with Gasteiger partial charge in [0.05, 0.1) is 11.2 Å². The van der Waals surface area contributed by atoms with Crippen LogP contribution in [0.1, 0.15) is 47.2 Å². The number of hydrogen-bond donors (Lipinski definition) is 2. The summed E-state index contributed by atoms with van der Waals surface area (Å²) in [6.07, 6.45) is 0. The third kappa shape index (κ3) is 4.78. The Morgan fingerprint density at radius 2 is 1.52 bits per heavy atom. The summed E-state index contributed by atoms with van der Waals surface area (Å²) in [5.74, 6) is -1.01. The van der Waals surface area contributed by atoms with Gasteiger partial charge in [-0.15, -0.1) is 0 Å². The van der Waals surface area contributed by atoms with E-state index in [4.69, 9.17) is 0 Å². The smallest absolute Gasteiger partial charge is 0.307 e. The zero-order chi connectivity index (χ0) is 19.0. The molecule has 0 saturated carbocycles. The largest absolute Gasteiger partial charge is 0.324 e. The monoisotopic (exact) mass is 350 g/mol. The lowest BCUT2D eigenvalue weighted by Crippen LogP contribution is -2.28. The van der Waals surface area contributed by atoms with Gasteiger partial charge in [0.1, 0.15) is 17.5 Å². The van der Waals surface area contributed by atoms with E-state index in [1.807, 2.05) is 41.5 Å². The van der Waals surface area contributed by atoms with Crippen molar-refractivity contribution in [1.82, 2.24) is 9.78 Å². The summed E-state index contributed by atoms with van der Waals surface area (Å²) in [7, 11) is 0. The average molecular weight is 350 g/mol. The number of carbonyl (C=O) groups excluding carboxylic acids is 1. The second kappa shape index (κ2) is 6.46. The number of carbonyl (C=O) groups is 1. The van der Waals surface area contributed by atoms with Crippen LogP contribution >= 0.6 is 0 Å². The van der Waals surface area contributed by atoms with E-state index in [2.05, 4.69) is 15.7 Å². The van der Waals surface area contributed by atoms with Crippen molar-refractivity contribution >= 4 is 17.5 Å². The van der Waals surface area contributed by atoms with Crippen LogP contribution in [0.2, 0.25) is 0 Å². The normalized spacial score (nSPS) is 12.2. The molecule has 1 aromatic heterocycles. The first-order valence-electron chi connectivity index (χ1n) is 8.01. The number of nitrogens with one attached hydrogen (secondary N) is 2. The van der Waals surface area contributed by atoms with Crippen LogP contribution in [0.5, 0.6) is 0 Å². The number of rotatable bonds is 2. The maximum Gasteiger partial charge on any atom is 0.324 e. The Hall–Kier alpha value is -2.44. The van der Waals surface area contributed by atoms with E-state index in [1.165, 1.54) is 0 Å². The van der Waals surface area contributed by atoms with E-state index in [9.17, 15) is 13.6 Å². The summed E-state index contributed by atoms with van der Waals surface area (Å²) < 4.78 is 28.2. The zero-order valence-corrected chi connectivity index (χ0v) is 15.4. The number of halogens is 2. The molecule has 2 aromatic rings.